The summed E-state index contributed by atoms with van der Waals surface area (Å²) in [4.78, 5) is 1.95. The third-order valence-corrected chi connectivity index (χ3v) is 3.60. The van der Waals surface area contributed by atoms with Crippen LogP contribution in [0.2, 0.25) is 0 Å². The van der Waals surface area contributed by atoms with Crippen molar-refractivity contribution in [3.8, 4) is 6.07 Å². The van der Waals surface area contributed by atoms with Gasteiger partial charge < -0.3 is 4.90 Å². The van der Waals surface area contributed by atoms with Crippen LogP contribution in [0.3, 0.4) is 0 Å². The van der Waals surface area contributed by atoms with Gasteiger partial charge in [0.15, 0.2) is 5.84 Å². The molecule has 1 aliphatic heterocycles. The van der Waals surface area contributed by atoms with Gasteiger partial charge >= 0.3 is 0 Å². The Bertz CT molecular complexity index is 545. The highest BCUT2D eigenvalue weighted by atomic mass is 15.3. The molecule has 1 aromatic carbocycles. The number of nitrogens with zero attached hydrogens (tertiary/aromatic N) is 3. The van der Waals surface area contributed by atoms with Crippen LogP contribution in [0.25, 0.3) is 0 Å². The minimum Gasteiger partial charge on any atom is -0.355 e. The zero-order valence-electron chi connectivity index (χ0n) is 12.4. The average Bonchev–Trinajstić information content (AvgIpc) is 2.78. The lowest BCUT2D eigenvalue weighted by Crippen LogP contribution is -2.36. The van der Waals surface area contributed by atoms with Crippen LogP contribution in [0.5, 0.6) is 0 Å². The van der Waals surface area contributed by atoms with Crippen molar-refractivity contribution in [2.24, 2.45) is 5.10 Å². The molecule has 0 aromatic heterocycles. The second kappa shape index (κ2) is 7.44. The number of anilines is 1. The van der Waals surface area contributed by atoms with Gasteiger partial charge in [0.2, 0.25) is 5.71 Å². The maximum atomic E-state index is 9.23. The normalized spacial score (nSPS) is 16.0. The van der Waals surface area contributed by atoms with Crippen LogP contribution in [-0.2, 0) is 0 Å². The lowest BCUT2D eigenvalue weighted by molar-refractivity contribution is 0.438. The van der Waals surface area contributed by atoms with E-state index in [1.165, 1.54) is 18.4 Å². The van der Waals surface area contributed by atoms with Crippen LogP contribution in [0.15, 0.2) is 29.4 Å². The van der Waals surface area contributed by atoms with Gasteiger partial charge in [-0.3, -0.25) is 10.8 Å². The minimum atomic E-state index is 0.137. The maximum absolute atomic E-state index is 9.23. The molecule has 2 rings (SSSR count). The Morgan fingerprint density at radius 2 is 1.81 bits per heavy atom. The third kappa shape index (κ3) is 4.32. The van der Waals surface area contributed by atoms with Gasteiger partial charge in [0.1, 0.15) is 6.07 Å². The Morgan fingerprint density at radius 1 is 1.19 bits per heavy atom. The highest BCUT2D eigenvalue weighted by Crippen LogP contribution is 2.11. The minimum absolute atomic E-state index is 0.137. The summed E-state index contributed by atoms with van der Waals surface area (Å²) in [5, 5.41) is 21.5. The zero-order valence-corrected chi connectivity index (χ0v) is 12.4. The van der Waals surface area contributed by atoms with Gasteiger partial charge in [-0.05, 0) is 31.9 Å². The van der Waals surface area contributed by atoms with Gasteiger partial charge in [-0.1, -0.05) is 30.5 Å². The molecule has 5 heteroatoms. The molecule has 1 fully saturated rings. The van der Waals surface area contributed by atoms with E-state index in [4.69, 9.17) is 5.41 Å². The number of likely N-dealkylation sites (tertiary alicyclic amines) is 1. The number of rotatable bonds is 3. The van der Waals surface area contributed by atoms with Gasteiger partial charge in [0, 0.05) is 13.1 Å². The topological polar surface area (TPSA) is 75.3 Å². The molecule has 0 amide bonds. The van der Waals surface area contributed by atoms with Crippen LogP contribution >= 0.6 is 0 Å². The summed E-state index contributed by atoms with van der Waals surface area (Å²) in [7, 11) is 0. The molecule has 110 valence electrons. The van der Waals surface area contributed by atoms with E-state index in [1.807, 2.05) is 42.2 Å². The molecular formula is C16H21N5. The van der Waals surface area contributed by atoms with Crippen LogP contribution < -0.4 is 5.43 Å². The zero-order chi connectivity index (χ0) is 15.1. The average molecular weight is 283 g/mol. The Labute approximate surface area is 125 Å². The molecule has 0 bridgehead atoms. The smallest absolute Gasteiger partial charge is 0.202 e. The van der Waals surface area contributed by atoms with E-state index in [0.29, 0.717) is 0 Å². The fourth-order valence-corrected chi connectivity index (χ4v) is 2.32. The largest absolute Gasteiger partial charge is 0.355 e. The highest BCUT2D eigenvalue weighted by Gasteiger charge is 2.17. The molecule has 0 spiro atoms. The van der Waals surface area contributed by atoms with Crippen LogP contribution in [0.1, 0.15) is 31.2 Å². The summed E-state index contributed by atoms with van der Waals surface area (Å²) >= 11 is 0. The number of hydrogen-bond acceptors (Lipinski definition) is 4. The van der Waals surface area contributed by atoms with Gasteiger partial charge in [0.25, 0.3) is 0 Å². The Morgan fingerprint density at radius 3 is 2.38 bits per heavy atom. The van der Waals surface area contributed by atoms with Crippen molar-refractivity contribution in [2.75, 3.05) is 18.5 Å². The highest BCUT2D eigenvalue weighted by molar-refractivity contribution is 6.46. The number of hydrogen-bond donors (Lipinski definition) is 2. The van der Waals surface area contributed by atoms with Gasteiger partial charge in [-0.2, -0.15) is 10.4 Å². The molecule has 0 saturated carbocycles. The van der Waals surface area contributed by atoms with Crippen LogP contribution in [0.4, 0.5) is 5.69 Å². The molecule has 0 aliphatic carbocycles. The van der Waals surface area contributed by atoms with E-state index < -0.39 is 0 Å². The van der Waals surface area contributed by atoms with Crippen LogP contribution in [0, 0.1) is 23.7 Å². The van der Waals surface area contributed by atoms with Crippen molar-refractivity contribution in [3.63, 3.8) is 0 Å². The Hall–Kier alpha value is -2.35. The van der Waals surface area contributed by atoms with E-state index in [2.05, 4.69) is 10.5 Å². The lowest BCUT2D eigenvalue weighted by Gasteiger charge is -2.21. The molecule has 1 heterocycles. The van der Waals surface area contributed by atoms with E-state index in [9.17, 15) is 5.26 Å². The maximum Gasteiger partial charge on any atom is 0.202 e. The van der Waals surface area contributed by atoms with E-state index in [-0.39, 0.29) is 11.5 Å². The first-order valence-electron chi connectivity index (χ1n) is 7.35. The third-order valence-electron chi connectivity index (χ3n) is 3.60. The second-order valence-corrected chi connectivity index (χ2v) is 5.30. The first-order valence-corrected chi connectivity index (χ1v) is 7.35. The summed E-state index contributed by atoms with van der Waals surface area (Å²) in [5.41, 5.74) is 4.98. The standard InChI is InChI=1S/C16H21N5/c1-13-6-8-14(9-7-13)19-20-15(12-17)16(18)21-10-4-2-3-5-11-21/h6-9,18-19H,2-5,10-11H2,1H3/b18-16?,20-15+. The number of nitriles is 1. The number of nitrogens with one attached hydrogen (secondary N) is 2. The first kappa shape index (κ1) is 15.0. The van der Waals surface area contributed by atoms with E-state index in [1.54, 1.807) is 0 Å². The molecule has 21 heavy (non-hydrogen) atoms. The molecule has 0 radical (unpaired) electrons. The molecular weight excluding hydrogens is 262 g/mol. The fraction of sp³-hybridized carbons (Fsp3) is 0.438. The molecule has 2 N–H and O–H groups in total. The molecule has 0 unspecified atom stereocenters. The van der Waals surface area contributed by atoms with Gasteiger partial charge in [-0.15, -0.1) is 0 Å². The molecule has 5 nitrogen and oxygen atoms in total. The van der Waals surface area contributed by atoms with Crippen molar-refractivity contribution >= 4 is 17.2 Å². The fourth-order valence-electron chi connectivity index (χ4n) is 2.32. The Balaban J connectivity index is 2.03. The van der Waals surface area contributed by atoms with E-state index in [0.717, 1.165) is 31.6 Å². The monoisotopic (exact) mass is 283 g/mol. The van der Waals surface area contributed by atoms with Gasteiger partial charge in [0.05, 0.1) is 5.69 Å². The SMILES string of the molecule is Cc1ccc(N/N=C(\C#N)C(=N)N2CCCCCC2)cc1. The molecule has 1 aromatic rings. The van der Waals surface area contributed by atoms with Crippen molar-refractivity contribution in [2.45, 2.75) is 32.6 Å². The van der Waals surface area contributed by atoms with Crippen molar-refractivity contribution in [3.05, 3.63) is 29.8 Å². The van der Waals surface area contributed by atoms with E-state index >= 15 is 0 Å². The summed E-state index contributed by atoms with van der Waals surface area (Å²) in [6, 6.07) is 9.79. The predicted molar refractivity (Wildman–Crippen MR) is 85.6 cm³/mol. The lowest BCUT2D eigenvalue weighted by atomic mass is 10.2. The Kier molecular flexibility index (Phi) is 5.33. The van der Waals surface area contributed by atoms with Gasteiger partial charge in [-0.25, -0.2) is 0 Å². The summed E-state index contributed by atoms with van der Waals surface area (Å²) in [5.74, 6) is 0.221. The summed E-state index contributed by atoms with van der Waals surface area (Å²) < 4.78 is 0. The molecule has 1 aliphatic rings. The quantitative estimate of drug-likeness (QED) is 0.508. The number of benzene rings is 1. The van der Waals surface area contributed by atoms with Crippen molar-refractivity contribution in [1.29, 1.82) is 10.7 Å². The predicted octanol–water partition coefficient (Wildman–Crippen LogP) is 3.14. The molecule has 1 saturated heterocycles. The van der Waals surface area contributed by atoms with Crippen molar-refractivity contribution < 1.29 is 0 Å². The number of amidine groups is 1. The van der Waals surface area contributed by atoms with Crippen molar-refractivity contribution in [1.82, 2.24) is 4.90 Å². The first-order chi connectivity index (χ1) is 10.2. The number of hydrazone groups is 1. The second-order valence-electron chi connectivity index (χ2n) is 5.30. The number of aryl methyl sites for hydroxylation is 1. The van der Waals surface area contributed by atoms with Crippen LogP contribution in [-0.4, -0.2) is 29.5 Å². The summed E-state index contributed by atoms with van der Waals surface area (Å²) in [6.45, 7) is 3.69. The molecule has 0 atom stereocenters. The summed E-state index contributed by atoms with van der Waals surface area (Å²) in [6.07, 6.45) is 4.55.